The number of benzene rings is 1. The van der Waals surface area contributed by atoms with E-state index in [1.807, 2.05) is 0 Å². The molecule has 0 amide bonds. The van der Waals surface area contributed by atoms with E-state index in [1.165, 1.54) is 18.4 Å². The van der Waals surface area contributed by atoms with Gasteiger partial charge in [0.25, 0.3) is 0 Å². The Morgan fingerprint density at radius 2 is 0.872 bits per heavy atom. The molecular formula is C39H80. The summed E-state index contributed by atoms with van der Waals surface area (Å²) in [4.78, 5) is 0. The Morgan fingerprint density at radius 3 is 1.00 bits per heavy atom. The topological polar surface area (TPSA) is 0 Å². The summed E-state index contributed by atoms with van der Waals surface area (Å²) < 4.78 is 0. The van der Waals surface area contributed by atoms with Crippen LogP contribution in [-0.4, -0.2) is 0 Å². The van der Waals surface area contributed by atoms with Gasteiger partial charge in [0.1, 0.15) is 0 Å². The molecule has 236 valence electrons. The highest BCUT2D eigenvalue weighted by molar-refractivity contribution is 5.15. The largest absolute Gasteiger partial charge is 0.0651 e. The molecule has 1 rings (SSSR count). The van der Waals surface area contributed by atoms with E-state index in [0.29, 0.717) is 27.1 Å². The van der Waals surface area contributed by atoms with E-state index in [9.17, 15) is 0 Å². The molecule has 0 heteroatoms. The molecule has 0 aromatic heterocycles. The van der Waals surface area contributed by atoms with Crippen LogP contribution >= 0.6 is 0 Å². The lowest BCUT2D eigenvalue weighted by Gasteiger charge is -2.25. The highest BCUT2D eigenvalue weighted by atomic mass is 14.2. The zero-order valence-corrected chi connectivity index (χ0v) is 31.7. The van der Waals surface area contributed by atoms with Crippen molar-refractivity contribution in [2.45, 2.75) is 172 Å². The van der Waals surface area contributed by atoms with Crippen LogP contribution in [0.5, 0.6) is 0 Å². The molecule has 39 heavy (non-hydrogen) atoms. The molecule has 0 heterocycles. The van der Waals surface area contributed by atoms with E-state index in [2.05, 4.69) is 183 Å². The Kier molecular flexibility index (Phi) is 23.4. The maximum Gasteiger partial charge on any atom is -0.0230 e. The quantitative estimate of drug-likeness (QED) is 0.352. The van der Waals surface area contributed by atoms with Crippen molar-refractivity contribution in [1.82, 2.24) is 0 Å². The average Bonchev–Trinajstić information content (AvgIpc) is 2.63. The van der Waals surface area contributed by atoms with Crippen LogP contribution in [0.15, 0.2) is 30.3 Å². The van der Waals surface area contributed by atoms with Gasteiger partial charge < -0.3 is 0 Å². The minimum absolute atomic E-state index is 0.404. The fourth-order valence-electron chi connectivity index (χ4n) is 3.05. The van der Waals surface area contributed by atoms with Crippen LogP contribution in [0.1, 0.15) is 171 Å². The van der Waals surface area contributed by atoms with Crippen LogP contribution in [-0.2, 0) is 6.42 Å². The fraction of sp³-hybridized carbons (Fsp3) is 0.846. The van der Waals surface area contributed by atoms with Gasteiger partial charge in [0, 0.05) is 0 Å². The maximum atomic E-state index is 2.31. The molecule has 0 saturated carbocycles. The van der Waals surface area contributed by atoms with Gasteiger partial charge >= 0.3 is 0 Å². The summed E-state index contributed by atoms with van der Waals surface area (Å²) in [6.07, 6.45) is 3.78. The summed E-state index contributed by atoms with van der Waals surface area (Å²) in [5, 5.41) is 0. The Hall–Kier alpha value is -0.780. The summed E-state index contributed by atoms with van der Waals surface area (Å²) in [5.74, 6) is 2.49. The molecule has 0 bridgehead atoms. The lowest BCUT2D eigenvalue weighted by Crippen LogP contribution is -2.15. The first-order chi connectivity index (χ1) is 16.9. The number of rotatable bonds is 3. The molecule has 0 aliphatic carbocycles. The standard InChI is InChI=1S/C11H16.2C8H18.C7H16.C5H12/c1-11(2,3)9-10-7-5-4-6-8-10;1-7(2)6-8(3,4)5;1-6-7(2)8(3,4)5;1-6(2)7(3,4)5;1-5(2,3)4/h4-8H,9H2,1-3H3;2*7H,6H2,1-5H3;6H,1-5H3;1-4H3. The van der Waals surface area contributed by atoms with Crippen molar-refractivity contribution in [2.24, 2.45) is 44.8 Å². The van der Waals surface area contributed by atoms with Crippen LogP contribution in [0.3, 0.4) is 0 Å². The van der Waals surface area contributed by atoms with Gasteiger partial charge in [-0.3, -0.25) is 0 Å². The van der Waals surface area contributed by atoms with E-state index in [1.54, 1.807) is 0 Å². The highest BCUT2D eigenvalue weighted by Gasteiger charge is 2.17. The summed E-state index contributed by atoms with van der Waals surface area (Å²) in [6, 6.07) is 10.6. The van der Waals surface area contributed by atoms with Crippen molar-refractivity contribution in [1.29, 1.82) is 0 Å². The molecule has 0 saturated heterocycles. The minimum Gasteiger partial charge on any atom is -0.0651 e. The van der Waals surface area contributed by atoms with Crippen molar-refractivity contribution in [3.8, 4) is 0 Å². The molecule has 0 nitrogen and oxygen atoms in total. The summed E-state index contributed by atoms with van der Waals surface area (Å²) in [7, 11) is 0. The maximum absolute atomic E-state index is 2.31. The third-order valence-electron chi connectivity index (χ3n) is 6.42. The Morgan fingerprint density at radius 1 is 0.538 bits per heavy atom. The third-order valence-corrected chi connectivity index (χ3v) is 6.42. The molecule has 0 spiro atoms. The summed E-state index contributed by atoms with van der Waals surface area (Å²) in [5.41, 5.74) is 3.87. The normalized spacial score (nSPS) is 13.0. The predicted octanol–water partition coefficient (Wildman–Crippen LogP) is 14.2. The molecule has 1 aromatic carbocycles. The molecule has 0 N–H and O–H groups in total. The van der Waals surface area contributed by atoms with Crippen LogP contribution in [0.25, 0.3) is 0 Å². The molecule has 0 aliphatic heterocycles. The van der Waals surface area contributed by atoms with Crippen molar-refractivity contribution >= 4 is 0 Å². The van der Waals surface area contributed by atoms with Gasteiger partial charge in [-0.15, -0.1) is 0 Å². The molecule has 1 atom stereocenters. The summed E-state index contributed by atoms with van der Waals surface area (Å²) >= 11 is 0. The van der Waals surface area contributed by atoms with Crippen molar-refractivity contribution in [3.05, 3.63) is 35.9 Å². The fourth-order valence-corrected chi connectivity index (χ4v) is 3.05. The second kappa shape index (κ2) is 20.2. The first-order valence-corrected chi connectivity index (χ1v) is 16.0. The zero-order valence-electron chi connectivity index (χ0n) is 31.7. The molecule has 0 aliphatic rings. The second-order valence-corrected chi connectivity index (χ2v) is 18.6. The van der Waals surface area contributed by atoms with E-state index in [0.717, 1.165) is 24.2 Å². The first kappa shape index (κ1) is 45.2. The van der Waals surface area contributed by atoms with Gasteiger partial charge in [-0.05, 0) is 63.2 Å². The molecule has 0 fully saturated rings. The smallest absolute Gasteiger partial charge is 0.0230 e. The van der Waals surface area contributed by atoms with E-state index < -0.39 is 0 Å². The van der Waals surface area contributed by atoms with Gasteiger partial charge in [0.05, 0.1) is 0 Å². The monoisotopic (exact) mass is 549 g/mol. The van der Waals surface area contributed by atoms with Crippen molar-refractivity contribution < 1.29 is 0 Å². The van der Waals surface area contributed by atoms with E-state index in [4.69, 9.17) is 0 Å². The minimum atomic E-state index is 0.404. The SMILES string of the molecule is CC(C)(C)C.CC(C)(C)Cc1ccccc1.CC(C)C(C)(C)C.CC(C)CC(C)(C)C.CCC(C)C(C)(C)C. The highest BCUT2D eigenvalue weighted by Crippen LogP contribution is 2.27. The third kappa shape index (κ3) is 47.4. The van der Waals surface area contributed by atoms with Gasteiger partial charge in [0.2, 0.25) is 0 Å². The predicted molar refractivity (Wildman–Crippen MR) is 187 cm³/mol. The van der Waals surface area contributed by atoms with Gasteiger partial charge in [-0.1, -0.05) is 189 Å². The first-order valence-electron chi connectivity index (χ1n) is 16.0. The van der Waals surface area contributed by atoms with E-state index >= 15 is 0 Å². The average molecular weight is 549 g/mol. The van der Waals surface area contributed by atoms with Crippen molar-refractivity contribution in [3.63, 3.8) is 0 Å². The Bertz CT molecular complexity index is 634. The number of hydrogen-bond acceptors (Lipinski definition) is 0. The lowest BCUT2D eigenvalue weighted by atomic mass is 9.81. The lowest BCUT2D eigenvalue weighted by molar-refractivity contribution is 0.254. The van der Waals surface area contributed by atoms with Crippen LogP contribution in [0, 0.1) is 44.8 Å². The second-order valence-electron chi connectivity index (χ2n) is 18.6. The van der Waals surface area contributed by atoms with Crippen LogP contribution in [0.4, 0.5) is 0 Å². The summed E-state index contributed by atoms with van der Waals surface area (Å²) in [6.45, 7) is 49.6. The zero-order chi connectivity index (χ0) is 32.5. The van der Waals surface area contributed by atoms with Crippen LogP contribution in [0.2, 0.25) is 0 Å². The van der Waals surface area contributed by atoms with Crippen LogP contribution < -0.4 is 0 Å². The van der Waals surface area contributed by atoms with Gasteiger partial charge in [0.15, 0.2) is 0 Å². The van der Waals surface area contributed by atoms with Crippen molar-refractivity contribution in [2.75, 3.05) is 0 Å². The van der Waals surface area contributed by atoms with Gasteiger partial charge in [-0.2, -0.15) is 0 Å². The molecule has 1 unspecified atom stereocenters. The molecule has 0 radical (unpaired) electrons. The number of hydrogen-bond donors (Lipinski definition) is 0. The molecule has 1 aromatic rings. The Labute approximate surface area is 251 Å². The Balaban J connectivity index is -0.000000201. The molecular weight excluding hydrogens is 468 g/mol. The van der Waals surface area contributed by atoms with Gasteiger partial charge in [-0.25, -0.2) is 0 Å². The van der Waals surface area contributed by atoms with E-state index in [-0.39, 0.29) is 0 Å².